The van der Waals surface area contributed by atoms with E-state index in [1.165, 1.54) is 5.56 Å². The van der Waals surface area contributed by atoms with Crippen LogP contribution < -0.4 is 20.1 Å². The van der Waals surface area contributed by atoms with Crippen LogP contribution >= 0.6 is 0 Å². The first kappa shape index (κ1) is 20.0. The summed E-state index contributed by atoms with van der Waals surface area (Å²) < 4.78 is 5.49. The van der Waals surface area contributed by atoms with Crippen molar-refractivity contribution in [1.29, 1.82) is 0 Å². The zero-order chi connectivity index (χ0) is 21.1. The molecule has 0 saturated carbocycles. The van der Waals surface area contributed by atoms with E-state index in [4.69, 9.17) is 9.72 Å². The predicted octanol–water partition coefficient (Wildman–Crippen LogP) is 3.31. The highest BCUT2D eigenvalue weighted by atomic mass is 16.5. The molecular weight excluding hydrogens is 376 g/mol. The van der Waals surface area contributed by atoms with Gasteiger partial charge in [-0.15, -0.1) is 0 Å². The number of methoxy groups -OCH3 is 1. The third-order valence-electron chi connectivity index (χ3n) is 5.72. The molecule has 6 nitrogen and oxygen atoms in total. The molecule has 1 aliphatic heterocycles. The minimum absolute atomic E-state index is 0.0507. The summed E-state index contributed by atoms with van der Waals surface area (Å²) in [5, 5.41) is 0. The van der Waals surface area contributed by atoms with Gasteiger partial charge in [0.25, 0.3) is 5.56 Å². The second kappa shape index (κ2) is 8.61. The Morgan fingerprint density at radius 1 is 0.967 bits per heavy atom. The Kier molecular flexibility index (Phi) is 5.74. The summed E-state index contributed by atoms with van der Waals surface area (Å²) in [5.74, 6) is 1.54. The monoisotopic (exact) mass is 404 g/mol. The van der Waals surface area contributed by atoms with Crippen molar-refractivity contribution in [3.8, 4) is 5.75 Å². The lowest BCUT2D eigenvalue weighted by Gasteiger charge is -2.36. The van der Waals surface area contributed by atoms with Crippen LogP contribution in [0.1, 0.15) is 22.4 Å². The van der Waals surface area contributed by atoms with E-state index in [1.54, 1.807) is 7.11 Å². The second-order valence-corrected chi connectivity index (χ2v) is 7.76. The number of anilines is 2. The van der Waals surface area contributed by atoms with E-state index >= 15 is 0 Å². The Bertz CT molecular complexity index is 1070. The molecule has 0 atom stereocenters. The molecule has 6 heteroatoms. The summed E-state index contributed by atoms with van der Waals surface area (Å²) in [6.45, 7) is 7.25. The summed E-state index contributed by atoms with van der Waals surface area (Å²) in [7, 11) is 1.70. The van der Waals surface area contributed by atoms with Gasteiger partial charge in [-0.3, -0.25) is 9.78 Å². The van der Waals surface area contributed by atoms with Crippen LogP contribution in [0.15, 0.2) is 53.3 Å². The molecule has 0 amide bonds. The number of hydrogen-bond acceptors (Lipinski definition) is 5. The molecule has 30 heavy (non-hydrogen) atoms. The number of para-hydroxylation sites is 2. The fraction of sp³-hybridized carbons (Fsp3) is 0.333. The van der Waals surface area contributed by atoms with Crippen LogP contribution in [0.3, 0.4) is 0 Å². The molecule has 2 aromatic carbocycles. The number of aryl methyl sites for hydroxylation is 2. The van der Waals surface area contributed by atoms with E-state index < -0.39 is 0 Å². The van der Waals surface area contributed by atoms with Crippen molar-refractivity contribution in [3.63, 3.8) is 0 Å². The number of aromatic nitrogens is 2. The van der Waals surface area contributed by atoms with Crippen molar-refractivity contribution in [3.05, 3.63) is 81.3 Å². The summed E-state index contributed by atoms with van der Waals surface area (Å²) >= 11 is 0. The molecule has 1 saturated heterocycles. The average Bonchev–Trinajstić information content (AvgIpc) is 2.77. The summed E-state index contributed by atoms with van der Waals surface area (Å²) in [5.41, 5.74) is 4.91. The first-order valence-electron chi connectivity index (χ1n) is 10.3. The number of rotatable bonds is 5. The van der Waals surface area contributed by atoms with Crippen LogP contribution in [0.4, 0.5) is 11.6 Å². The Hall–Kier alpha value is -3.28. The van der Waals surface area contributed by atoms with Gasteiger partial charge in [0.1, 0.15) is 5.75 Å². The minimum Gasteiger partial charge on any atom is -0.495 e. The molecule has 0 spiro atoms. The molecule has 0 unspecified atom stereocenters. The van der Waals surface area contributed by atoms with E-state index in [0.29, 0.717) is 12.4 Å². The van der Waals surface area contributed by atoms with E-state index in [1.807, 2.05) is 25.1 Å². The third kappa shape index (κ3) is 4.17. The lowest BCUT2D eigenvalue weighted by molar-refractivity contribution is 0.413. The zero-order valence-corrected chi connectivity index (χ0v) is 17.8. The van der Waals surface area contributed by atoms with Crippen molar-refractivity contribution < 1.29 is 4.74 Å². The number of nitrogens with zero attached hydrogens (tertiary/aromatic N) is 3. The van der Waals surface area contributed by atoms with Gasteiger partial charge in [-0.05, 0) is 31.5 Å². The number of aromatic amines is 1. The molecule has 0 radical (unpaired) electrons. The van der Waals surface area contributed by atoms with Crippen LogP contribution in [0.2, 0.25) is 0 Å². The second-order valence-electron chi connectivity index (χ2n) is 7.76. The third-order valence-corrected chi connectivity index (χ3v) is 5.72. The standard InChI is InChI=1S/C24H28N4O2/c1-17-8-10-19(11-9-17)16-20-18(2)25-24(26-23(20)29)28-14-12-27(13-15-28)21-6-4-5-7-22(21)30-3/h4-11H,12-16H2,1-3H3,(H,25,26,29). The quantitative estimate of drug-likeness (QED) is 0.707. The van der Waals surface area contributed by atoms with Crippen LogP contribution in [-0.4, -0.2) is 43.3 Å². The van der Waals surface area contributed by atoms with E-state index in [2.05, 4.69) is 52.0 Å². The average molecular weight is 405 g/mol. The van der Waals surface area contributed by atoms with Gasteiger partial charge in [0.2, 0.25) is 5.95 Å². The maximum atomic E-state index is 12.8. The highest BCUT2D eigenvalue weighted by Crippen LogP contribution is 2.28. The smallest absolute Gasteiger partial charge is 0.256 e. The number of nitrogens with one attached hydrogen (secondary N) is 1. The van der Waals surface area contributed by atoms with E-state index in [-0.39, 0.29) is 5.56 Å². The molecule has 0 bridgehead atoms. The lowest BCUT2D eigenvalue weighted by atomic mass is 10.0. The topological polar surface area (TPSA) is 61.5 Å². The Morgan fingerprint density at radius 2 is 1.63 bits per heavy atom. The van der Waals surface area contributed by atoms with Crippen LogP contribution in [0.5, 0.6) is 5.75 Å². The molecule has 1 fully saturated rings. The fourth-order valence-electron chi connectivity index (χ4n) is 3.91. The molecule has 4 rings (SSSR count). The Labute approximate surface area is 177 Å². The number of benzene rings is 2. The molecular formula is C24H28N4O2. The van der Waals surface area contributed by atoms with Crippen molar-refractivity contribution >= 4 is 11.6 Å². The highest BCUT2D eigenvalue weighted by molar-refractivity contribution is 5.59. The predicted molar refractivity (Wildman–Crippen MR) is 121 cm³/mol. The lowest BCUT2D eigenvalue weighted by Crippen LogP contribution is -2.47. The normalized spacial score (nSPS) is 14.1. The minimum atomic E-state index is -0.0507. The number of H-pyrrole nitrogens is 1. The van der Waals surface area contributed by atoms with Gasteiger partial charge in [0.15, 0.2) is 0 Å². The Balaban J connectivity index is 1.48. The largest absolute Gasteiger partial charge is 0.495 e. The molecule has 156 valence electrons. The van der Waals surface area contributed by atoms with Crippen molar-refractivity contribution in [2.75, 3.05) is 43.1 Å². The van der Waals surface area contributed by atoms with Gasteiger partial charge in [-0.2, -0.15) is 0 Å². The van der Waals surface area contributed by atoms with Crippen LogP contribution in [0, 0.1) is 13.8 Å². The number of piperazine rings is 1. The number of ether oxygens (including phenoxy) is 1. The highest BCUT2D eigenvalue weighted by Gasteiger charge is 2.22. The fourth-order valence-corrected chi connectivity index (χ4v) is 3.91. The maximum Gasteiger partial charge on any atom is 0.256 e. The van der Waals surface area contributed by atoms with Gasteiger partial charge < -0.3 is 14.5 Å². The van der Waals surface area contributed by atoms with Crippen LogP contribution in [0.25, 0.3) is 0 Å². The first-order chi connectivity index (χ1) is 14.5. The van der Waals surface area contributed by atoms with Gasteiger partial charge in [0.05, 0.1) is 18.5 Å². The number of hydrogen-bond donors (Lipinski definition) is 1. The van der Waals surface area contributed by atoms with E-state index in [0.717, 1.165) is 54.4 Å². The zero-order valence-electron chi connectivity index (χ0n) is 17.8. The molecule has 2 heterocycles. The maximum absolute atomic E-state index is 12.8. The summed E-state index contributed by atoms with van der Waals surface area (Å²) in [4.78, 5) is 25.0. The van der Waals surface area contributed by atoms with Gasteiger partial charge in [-0.25, -0.2) is 4.98 Å². The van der Waals surface area contributed by atoms with Crippen LogP contribution in [-0.2, 0) is 6.42 Å². The molecule has 3 aromatic rings. The summed E-state index contributed by atoms with van der Waals surface area (Å²) in [6.07, 6.45) is 0.594. The molecule has 1 N–H and O–H groups in total. The van der Waals surface area contributed by atoms with E-state index in [9.17, 15) is 4.79 Å². The first-order valence-corrected chi connectivity index (χ1v) is 10.3. The van der Waals surface area contributed by atoms with Gasteiger partial charge >= 0.3 is 0 Å². The molecule has 1 aromatic heterocycles. The SMILES string of the molecule is COc1ccccc1N1CCN(c2nc(C)c(Cc3ccc(C)cc3)c(=O)[nH]2)CC1. The van der Waals surface area contributed by atoms with Crippen molar-refractivity contribution in [1.82, 2.24) is 9.97 Å². The molecule has 0 aliphatic carbocycles. The Morgan fingerprint density at radius 3 is 2.30 bits per heavy atom. The summed E-state index contributed by atoms with van der Waals surface area (Å²) in [6, 6.07) is 16.4. The van der Waals surface area contributed by atoms with Crippen molar-refractivity contribution in [2.24, 2.45) is 0 Å². The molecule has 1 aliphatic rings. The van der Waals surface area contributed by atoms with Gasteiger partial charge in [-0.1, -0.05) is 42.0 Å². The van der Waals surface area contributed by atoms with Gasteiger partial charge in [0, 0.05) is 38.2 Å². The van der Waals surface area contributed by atoms with Crippen molar-refractivity contribution in [2.45, 2.75) is 20.3 Å².